The van der Waals surface area contributed by atoms with Crippen molar-refractivity contribution in [3.05, 3.63) is 133 Å². The molecule has 0 saturated heterocycles. The summed E-state index contributed by atoms with van der Waals surface area (Å²) in [5.74, 6) is 1.17. The topological polar surface area (TPSA) is 88.4 Å². The third-order valence-corrected chi connectivity index (χ3v) is 8.65. The van der Waals surface area contributed by atoms with Gasteiger partial charge in [0.05, 0.1) is 36.6 Å². The Labute approximate surface area is 264 Å². The smallest absolute Gasteiger partial charge is 0.338 e. The van der Waals surface area contributed by atoms with E-state index in [1.165, 1.54) is 11.3 Å². The van der Waals surface area contributed by atoms with E-state index in [0.29, 0.717) is 50.0 Å². The van der Waals surface area contributed by atoms with Gasteiger partial charge in [0.25, 0.3) is 5.56 Å². The Morgan fingerprint density at radius 1 is 0.933 bits per heavy atom. The lowest BCUT2D eigenvalue weighted by molar-refractivity contribution is -0.139. The molecule has 9 heteroatoms. The summed E-state index contributed by atoms with van der Waals surface area (Å²) in [7, 11) is 3.16. The van der Waals surface area contributed by atoms with Crippen LogP contribution < -0.4 is 29.1 Å². The van der Waals surface area contributed by atoms with Crippen LogP contribution in [0.3, 0.4) is 0 Å². The number of carbonyl (C=O) groups is 1. The molecule has 8 nitrogen and oxygen atoms in total. The van der Waals surface area contributed by atoms with Crippen molar-refractivity contribution in [1.82, 2.24) is 4.57 Å². The van der Waals surface area contributed by atoms with Gasteiger partial charge in [0, 0.05) is 5.56 Å². The normalized spacial score (nSPS) is 14.6. The predicted octanol–water partition coefficient (Wildman–Crippen LogP) is 5.55. The lowest BCUT2D eigenvalue weighted by atomic mass is 9.90. The number of fused-ring (bicyclic) bond motifs is 2. The van der Waals surface area contributed by atoms with Crippen LogP contribution in [-0.4, -0.2) is 31.4 Å². The number of rotatable bonds is 9. The van der Waals surface area contributed by atoms with E-state index in [1.54, 1.807) is 38.7 Å². The van der Waals surface area contributed by atoms with Crippen molar-refractivity contribution in [2.45, 2.75) is 26.5 Å². The van der Waals surface area contributed by atoms with Crippen LogP contribution in [0.2, 0.25) is 0 Å². The van der Waals surface area contributed by atoms with Crippen LogP contribution in [0.5, 0.6) is 17.2 Å². The lowest BCUT2D eigenvalue weighted by Gasteiger charge is -2.27. The number of carbonyl (C=O) groups excluding carboxylic acids is 1. The van der Waals surface area contributed by atoms with E-state index in [-0.39, 0.29) is 12.2 Å². The average molecular weight is 621 g/mol. The van der Waals surface area contributed by atoms with Gasteiger partial charge in [-0.15, -0.1) is 0 Å². The molecule has 0 radical (unpaired) electrons. The van der Waals surface area contributed by atoms with Gasteiger partial charge in [0.1, 0.15) is 18.4 Å². The van der Waals surface area contributed by atoms with Gasteiger partial charge >= 0.3 is 5.97 Å². The fourth-order valence-corrected chi connectivity index (χ4v) is 6.63. The van der Waals surface area contributed by atoms with Crippen LogP contribution in [0.1, 0.15) is 36.6 Å². The highest BCUT2D eigenvalue weighted by atomic mass is 32.1. The summed E-state index contributed by atoms with van der Waals surface area (Å²) >= 11 is 1.26. The zero-order valence-corrected chi connectivity index (χ0v) is 26.2. The monoisotopic (exact) mass is 620 g/mol. The van der Waals surface area contributed by atoms with Crippen molar-refractivity contribution in [2.24, 2.45) is 4.99 Å². The maximum absolute atomic E-state index is 14.3. The highest BCUT2D eigenvalue weighted by molar-refractivity contribution is 7.07. The van der Waals surface area contributed by atoms with E-state index in [0.717, 1.165) is 21.9 Å². The van der Waals surface area contributed by atoms with Crippen LogP contribution in [0.15, 0.2) is 106 Å². The Morgan fingerprint density at radius 3 is 2.42 bits per heavy atom. The first kappa shape index (κ1) is 29.9. The Balaban J connectivity index is 1.49. The number of hydrogen-bond donors (Lipinski definition) is 0. The maximum atomic E-state index is 14.3. The van der Waals surface area contributed by atoms with E-state index in [4.69, 9.17) is 23.9 Å². The van der Waals surface area contributed by atoms with Crippen molar-refractivity contribution < 1.29 is 23.7 Å². The second-order valence-corrected chi connectivity index (χ2v) is 11.4. The van der Waals surface area contributed by atoms with Crippen molar-refractivity contribution in [1.29, 1.82) is 0 Å². The first-order valence-corrected chi connectivity index (χ1v) is 15.3. The van der Waals surface area contributed by atoms with Gasteiger partial charge in [-0.05, 0) is 60.0 Å². The molecular weight excluding hydrogens is 588 g/mol. The Kier molecular flexibility index (Phi) is 8.53. The van der Waals surface area contributed by atoms with Crippen LogP contribution in [0.25, 0.3) is 16.8 Å². The van der Waals surface area contributed by atoms with Gasteiger partial charge in [0.15, 0.2) is 16.3 Å². The minimum atomic E-state index is -0.813. The van der Waals surface area contributed by atoms with Crippen molar-refractivity contribution in [3.8, 4) is 17.2 Å². The molecule has 6 rings (SSSR count). The van der Waals surface area contributed by atoms with Crippen LogP contribution in [0.4, 0.5) is 0 Å². The number of nitrogens with zero attached hydrogens (tertiary/aromatic N) is 2. The molecule has 0 unspecified atom stereocenters. The molecule has 1 aliphatic rings. The summed E-state index contributed by atoms with van der Waals surface area (Å²) in [4.78, 5) is 32.9. The number of thiazole rings is 1. The third kappa shape index (κ3) is 5.74. The van der Waals surface area contributed by atoms with Gasteiger partial charge in [-0.2, -0.15) is 0 Å². The van der Waals surface area contributed by atoms with Crippen molar-refractivity contribution in [2.75, 3.05) is 20.8 Å². The first-order valence-electron chi connectivity index (χ1n) is 14.5. The summed E-state index contributed by atoms with van der Waals surface area (Å²) < 4.78 is 25.0. The SMILES string of the molecule is CCOC(=O)C1=C(C)N=c2s/c(=C/c3ccc(OCc4ccccc4)c(OC)c3)c(=O)n2[C@@H]1c1c(OC)ccc2ccccc12. The minimum absolute atomic E-state index is 0.187. The van der Waals surface area contributed by atoms with Gasteiger partial charge in [0.2, 0.25) is 0 Å². The summed E-state index contributed by atoms with van der Waals surface area (Å²) in [6.07, 6.45) is 1.80. The van der Waals surface area contributed by atoms with Crippen LogP contribution in [0, 0.1) is 0 Å². The number of methoxy groups -OCH3 is 2. The zero-order valence-electron chi connectivity index (χ0n) is 25.4. The van der Waals surface area contributed by atoms with E-state index >= 15 is 0 Å². The number of hydrogen-bond acceptors (Lipinski definition) is 8. The van der Waals surface area contributed by atoms with Gasteiger partial charge in [-0.3, -0.25) is 9.36 Å². The second kappa shape index (κ2) is 12.8. The molecule has 0 amide bonds. The molecule has 0 aliphatic carbocycles. The summed E-state index contributed by atoms with van der Waals surface area (Å²) in [6.45, 7) is 4.11. The fourth-order valence-electron chi connectivity index (χ4n) is 5.58. The van der Waals surface area contributed by atoms with Crippen molar-refractivity contribution >= 4 is 34.2 Å². The number of allylic oxidation sites excluding steroid dienone is 1. The minimum Gasteiger partial charge on any atom is -0.496 e. The van der Waals surface area contributed by atoms with Gasteiger partial charge < -0.3 is 18.9 Å². The molecule has 0 bridgehead atoms. The van der Waals surface area contributed by atoms with E-state index in [2.05, 4.69) is 0 Å². The maximum Gasteiger partial charge on any atom is 0.338 e. The molecule has 0 fully saturated rings. The van der Waals surface area contributed by atoms with Gasteiger partial charge in [-0.25, -0.2) is 9.79 Å². The number of ether oxygens (including phenoxy) is 4. The number of benzene rings is 4. The first-order chi connectivity index (χ1) is 21.9. The van der Waals surface area contributed by atoms with E-state index in [1.807, 2.05) is 84.9 Å². The molecular formula is C36H32N2O6S. The molecule has 0 N–H and O–H groups in total. The average Bonchev–Trinajstić information content (AvgIpc) is 3.36. The Morgan fingerprint density at radius 2 is 1.67 bits per heavy atom. The number of esters is 1. The zero-order chi connectivity index (χ0) is 31.5. The second-order valence-electron chi connectivity index (χ2n) is 10.4. The third-order valence-electron chi connectivity index (χ3n) is 7.66. The van der Waals surface area contributed by atoms with E-state index in [9.17, 15) is 9.59 Å². The van der Waals surface area contributed by atoms with Crippen LogP contribution >= 0.6 is 11.3 Å². The molecule has 0 spiro atoms. The molecule has 1 aliphatic heterocycles. The molecule has 1 aromatic heterocycles. The Hall–Kier alpha value is -5.15. The summed E-state index contributed by atoms with van der Waals surface area (Å²) in [5, 5.41) is 1.82. The fraction of sp³-hybridized carbons (Fsp3) is 0.194. The quantitative estimate of drug-likeness (QED) is 0.201. The summed E-state index contributed by atoms with van der Waals surface area (Å²) in [6, 6.07) is 26.3. The molecule has 1 atom stereocenters. The highest BCUT2D eigenvalue weighted by Crippen LogP contribution is 2.40. The van der Waals surface area contributed by atoms with Gasteiger partial charge in [-0.1, -0.05) is 78.1 Å². The Bertz CT molecular complexity index is 2110. The molecule has 45 heavy (non-hydrogen) atoms. The largest absolute Gasteiger partial charge is 0.496 e. The molecule has 228 valence electrons. The molecule has 4 aromatic carbocycles. The van der Waals surface area contributed by atoms with E-state index < -0.39 is 12.0 Å². The predicted molar refractivity (Wildman–Crippen MR) is 175 cm³/mol. The van der Waals surface area contributed by atoms with Crippen LogP contribution in [-0.2, 0) is 16.1 Å². The van der Waals surface area contributed by atoms with Crippen molar-refractivity contribution in [3.63, 3.8) is 0 Å². The lowest BCUT2D eigenvalue weighted by Crippen LogP contribution is -2.40. The number of aromatic nitrogens is 1. The standard InChI is InChI=1S/C36H32N2O6S/c1-5-43-35(40)31-22(2)37-36-38(33(31)32-26-14-10-9-13-25(26)16-18-28(32)41-3)34(39)30(45-36)20-24-15-17-27(29(19-24)42-4)44-21-23-11-7-6-8-12-23/h6-20,33H,5,21H2,1-4H3/b30-20+/t33-/m0/s1. The molecule has 0 saturated carbocycles. The molecule has 5 aromatic rings. The summed E-state index contributed by atoms with van der Waals surface area (Å²) in [5.41, 5.74) is 3.00. The molecule has 2 heterocycles. The highest BCUT2D eigenvalue weighted by Gasteiger charge is 2.36.